The quantitative estimate of drug-likeness (QED) is 0.626. The third-order valence-corrected chi connectivity index (χ3v) is 3.41. The number of aromatic amines is 1. The van der Waals surface area contributed by atoms with Gasteiger partial charge in [-0.1, -0.05) is 0 Å². The number of aryl methyl sites for hydroxylation is 1. The van der Waals surface area contributed by atoms with Gasteiger partial charge in [0.25, 0.3) is 0 Å². The minimum Gasteiger partial charge on any atom is -0.263 e. The zero-order chi connectivity index (χ0) is 15.8. The van der Waals surface area contributed by atoms with Crippen LogP contribution < -0.4 is 0 Å². The van der Waals surface area contributed by atoms with Gasteiger partial charge in [0, 0.05) is 12.4 Å². The Morgan fingerprint density at radius 2 is 2.22 bits per heavy atom. The number of halogens is 1. The fourth-order valence-corrected chi connectivity index (χ4v) is 2.45. The predicted octanol–water partition coefficient (Wildman–Crippen LogP) is 2.11. The molecule has 8 heteroatoms. The molecule has 0 amide bonds. The molecule has 0 bridgehead atoms. The van der Waals surface area contributed by atoms with Crippen molar-refractivity contribution in [2.75, 3.05) is 0 Å². The average Bonchev–Trinajstić information content (AvgIpc) is 3.12. The van der Waals surface area contributed by atoms with Gasteiger partial charge in [0.2, 0.25) is 5.82 Å². The van der Waals surface area contributed by atoms with Crippen LogP contribution in [-0.4, -0.2) is 34.9 Å². The lowest BCUT2D eigenvalue weighted by Gasteiger charge is -2.02. The monoisotopic (exact) mass is 309 g/mol. The molecule has 0 unspecified atom stereocenters. The standard InChI is InChI=1S/C15H12FN7/c1-9-19-14(21-20-9)13-12-3-2-4-18-15(12)23(22-13)8-10-5-11(16)7-17-6-10/h2-7H,8H2,1H3,(H,19,20,21). The zero-order valence-corrected chi connectivity index (χ0v) is 12.2. The molecule has 0 aliphatic rings. The Morgan fingerprint density at radius 3 is 3.00 bits per heavy atom. The van der Waals surface area contributed by atoms with Gasteiger partial charge < -0.3 is 0 Å². The van der Waals surface area contributed by atoms with Crippen molar-refractivity contribution >= 4 is 11.0 Å². The summed E-state index contributed by atoms with van der Waals surface area (Å²) >= 11 is 0. The lowest BCUT2D eigenvalue weighted by molar-refractivity contribution is 0.613. The lowest BCUT2D eigenvalue weighted by Crippen LogP contribution is -2.03. The Bertz CT molecular complexity index is 988. The van der Waals surface area contributed by atoms with E-state index in [1.165, 1.54) is 12.3 Å². The maximum absolute atomic E-state index is 13.3. The molecule has 0 saturated carbocycles. The van der Waals surface area contributed by atoms with E-state index in [4.69, 9.17) is 0 Å². The third-order valence-electron chi connectivity index (χ3n) is 3.41. The number of H-pyrrole nitrogens is 1. The van der Waals surface area contributed by atoms with E-state index in [-0.39, 0.29) is 5.82 Å². The van der Waals surface area contributed by atoms with Gasteiger partial charge in [0.05, 0.1) is 18.1 Å². The maximum Gasteiger partial charge on any atom is 0.202 e. The third kappa shape index (κ3) is 2.44. The molecular formula is C15H12FN7. The summed E-state index contributed by atoms with van der Waals surface area (Å²) in [5, 5.41) is 12.4. The van der Waals surface area contributed by atoms with Gasteiger partial charge in [-0.05, 0) is 30.7 Å². The molecule has 4 aromatic heterocycles. The van der Waals surface area contributed by atoms with Gasteiger partial charge in [-0.3, -0.25) is 10.1 Å². The fraction of sp³-hybridized carbons (Fsp3) is 0.133. The number of fused-ring (bicyclic) bond motifs is 1. The number of pyridine rings is 2. The lowest BCUT2D eigenvalue weighted by atomic mass is 10.2. The fourth-order valence-electron chi connectivity index (χ4n) is 2.45. The average molecular weight is 309 g/mol. The molecule has 0 aliphatic heterocycles. The zero-order valence-electron chi connectivity index (χ0n) is 12.2. The summed E-state index contributed by atoms with van der Waals surface area (Å²) in [6, 6.07) is 5.18. The van der Waals surface area contributed by atoms with Crippen molar-refractivity contribution in [3.63, 3.8) is 0 Å². The molecule has 4 rings (SSSR count). The Balaban J connectivity index is 1.84. The first-order valence-corrected chi connectivity index (χ1v) is 7.01. The molecule has 1 N–H and O–H groups in total. The number of hydrogen-bond donors (Lipinski definition) is 1. The second kappa shape index (κ2) is 5.24. The van der Waals surface area contributed by atoms with E-state index < -0.39 is 0 Å². The molecule has 0 fully saturated rings. The highest BCUT2D eigenvalue weighted by Gasteiger charge is 2.16. The minimum absolute atomic E-state index is 0.363. The van der Waals surface area contributed by atoms with Crippen molar-refractivity contribution in [1.82, 2.24) is 34.9 Å². The Kier molecular flexibility index (Phi) is 3.07. The van der Waals surface area contributed by atoms with Crippen LogP contribution in [0.5, 0.6) is 0 Å². The Labute approximate surface area is 130 Å². The molecule has 114 valence electrons. The molecule has 4 heterocycles. The van der Waals surface area contributed by atoms with Crippen molar-refractivity contribution in [1.29, 1.82) is 0 Å². The van der Waals surface area contributed by atoms with Gasteiger partial charge in [-0.25, -0.2) is 19.0 Å². The summed E-state index contributed by atoms with van der Waals surface area (Å²) in [6.45, 7) is 2.19. The molecule has 0 aromatic carbocycles. The molecule has 0 radical (unpaired) electrons. The number of nitrogens with one attached hydrogen (secondary N) is 1. The largest absolute Gasteiger partial charge is 0.263 e. The highest BCUT2D eigenvalue weighted by atomic mass is 19.1. The summed E-state index contributed by atoms with van der Waals surface area (Å²) < 4.78 is 15.0. The van der Waals surface area contributed by atoms with Gasteiger partial charge in [0.15, 0.2) is 5.65 Å². The number of aromatic nitrogens is 7. The summed E-state index contributed by atoms with van der Waals surface area (Å²) in [4.78, 5) is 12.6. The normalized spacial score (nSPS) is 11.2. The highest BCUT2D eigenvalue weighted by molar-refractivity contribution is 5.89. The van der Waals surface area contributed by atoms with Gasteiger partial charge in [-0.2, -0.15) is 10.2 Å². The van der Waals surface area contributed by atoms with E-state index in [0.717, 1.165) is 5.39 Å². The van der Waals surface area contributed by atoms with E-state index in [0.29, 0.717) is 35.1 Å². The van der Waals surface area contributed by atoms with Gasteiger partial charge >= 0.3 is 0 Å². The first-order valence-electron chi connectivity index (χ1n) is 7.01. The molecular weight excluding hydrogens is 297 g/mol. The first kappa shape index (κ1) is 13.5. The second-order valence-electron chi connectivity index (χ2n) is 5.14. The molecule has 23 heavy (non-hydrogen) atoms. The van der Waals surface area contributed by atoms with Crippen molar-refractivity contribution < 1.29 is 4.39 Å². The molecule has 0 saturated heterocycles. The minimum atomic E-state index is -0.378. The van der Waals surface area contributed by atoms with Crippen LogP contribution in [0.15, 0.2) is 36.8 Å². The van der Waals surface area contributed by atoms with Crippen LogP contribution in [0.4, 0.5) is 4.39 Å². The SMILES string of the molecule is Cc1nc(-c2nn(Cc3cncc(F)c3)c3ncccc23)n[nH]1. The van der Waals surface area contributed by atoms with E-state index >= 15 is 0 Å². The summed E-state index contributed by atoms with van der Waals surface area (Å²) in [6.07, 6.45) is 4.47. The summed E-state index contributed by atoms with van der Waals surface area (Å²) in [7, 11) is 0. The van der Waals surface area contributed by atoms with E-state index in [9.17, 15) is 4.39 Å². The number of hydrogen-bond acceptors (Lipinski definition) is 5. The molecule has 4 aromatic rings. The molecule has 0 atom stereocenters. The van der Waals surface area contributed by atoms with Crippen LogP contribution in [0.25, 0.3) is 22.6 Å². The van der Waals surface area contributed by atoms with E-state index in [2.05, 4.69) is 30.2 Å². The maximum atomic E-state index is 13.3. The molecule has 0 spiro atoms. The van der Waals surface area contributed by atoms with Crippen LogP contribution in [-0.2, 0) is 6.54 Å². The smallest absolute Gasteiger partial charge is 0.202 e. The summed E-state index contributed by atoms with van der Waals surface area (Å²) in [5.41, 5.74) is 2.04. The van der Waals surface area contributed by atoms with Crippen molar-refractivity contribution in [2.45, 2.75) is 13.5 Å². The van der Waals surface area contributed by atoms with Crippen LogP contribution in [0.1, 0.15) is 11.4 Å². The van der Waals surface area contributed by atoms with E-state index in [1.54, 1.807) is 17.1 Å². The topological polar surface area (TPSA) is 85.2 Å². The number of nitrogens with zero attached hydrogens (tertiary/aromatic N) is 6. The van der Waals surface area contributed by atoms with Crippen LogP contribution >= 0.6 is 0 Å². The summed E-state index contributed by atoms with van der Waals surface area (Å²) in [5.74, 6) is 0.842. The Hall–Kier alpha value is -3.16. The molecule has 0 aliphatic carbocycles. The molecule has 7 nitrogen and oxygen atoms in total. The highest BCUT2D eigenvalue weighted by Crippen LogP contribution is 2.24. The van der Waals surface area contributed by atoms with Crippen molar-refractivity contribution in [2.24, 2.45) is 0 Å². The number of rotatable bonds is 3. The van der Waals surface area contributed by atoms with Gasteiger partial charge in [-0.15, -0.1) is 0 Å². The van der Waals surface area contributed by atoms with Crippen LogP contribution in [0.2, 0.25) is 0 Å². The van der Waals surface area contributed by atoms with Crippen LogP contribution in [0, 0.1) is 12.7 Å². The van der Waals surface area contributed by atoms with Crippen molar-refractivity contribution in [3.05, 3.63) is 54.0 Å². The second-order valence-corrected chi connectivity index (χ2v) is 5.14. The van der Waals surface area contributed by atoms with Gasteiger partial charge in [0.1, 0.15) is 17.3 Å². The Morgan fingerprint density at radius 1 is 1.30 bits per heavy atom. The predicted molar refractivity (Wildman–Crippen MR) is 80.9 cm³/mol. The van der Waals surface area contributed by atoms with Crippen molar-refractivity contribution in [3.8, 4) is 11.5 Å². The first-order chi connectivity index (χ1) is 11.2. The van der Waals surface area contributed by atoms with Crippen LogP contribution in [0.3, 0.4) is 0 Å². The van der Waals surface area contributed by atoms with E-state index in [1.807, 2.05) is 19.1 Å².